The minimum absolute atomic E-state index is 0.166. The number of carbonyl (C=O) groups is 1. The van der Waals surface area contributed by atoms with Crippen LogP contribution < -0.4 is 14.8 Å². The second-order valence-electron chi connectivity index (χ2n) is 6.04. The summed E-state index contributed by atoms with van der Waals surface area (Å²) < 4.78 is 24.4. The molecule has 3 aromatic carbocycles. The molecule has 0 aliphatic heterocycles. The molecule has 0 unspecified atom stereocenters. The van der Waals surface area contributed by atoms with Crippen molar-refractivity contribution in [2.24, 2.45) is 0 Å². The third-order valence-corrected chi connectivity index (χ3v) is 3.92. The van der Waals surface area contributed by atoms with E-state index in [1.165, 1.54) is 12.1 Å². The predicted molar refractivity (Wildman–Crippen MR) is 102 cm³/mol. The van der Waals surface area contributed by atoms with Crippen molar-refractivity contribution in [3.05, 3.63) is 89.7 Å². The van der Waals surface area contributed by atoms with Crippen molar-refractivity contribution in [3.63, 3.8) is 0 Å². The molecule has 0 spiro atoms. The maximum atomic E-state index is 13.3. The van der Waals surface area contributed by atoms with E-state index in [1.807, 2.05) is 30.3 Å². The fraction of sp³-hybridized carbons (Fsp3) is 0.136. The number of aryl methyl sites for hydroxylation is 1. The summed E-state index contributed by atoms with van der Waals surface area (Å²) in [6.45, 7) is 2.11. The Morgan fingerprint density at radius 2 is 1.59 bits per heavy atom. The molecule has 0 saturated heterocycles. The number of benzene rings is 3. The van der Waals surface area contributed by atoms with Crippen LogP contribution in [0.5, 0.6) is 11.5 Å². The molecule has 1 amide bonds. The number of amides is 1. The van der Waals surface area contributed by atoms with E-state index < -0.39 is 5.82 Å². The average Bonchev–Trinajstić information content (AvgIpc) is 2.69. The van der Waals surface area contributed by atoms with Crippen LogP contribution in [0.4, 0.5) is 10.1 Å². The monoisotopic (exact) mass is 365 g/mol. The van der Waals surface area contributed by atoms with E-state index >= 15 is 0 Å². The summed E-state index contributed by atoms with van der Waals surface area (Å²) in [6.07, 6.45) is 0. The van der Waals surface area contributed by atoms with E-state index in [2.05, 4.69) is 5.32 Å². The maximum absolute atomic E-state index is 13.3. The molecular weight excluding hydrogens is 345 g/mol. The number of nitrogens with one attached hydrogen (secondary N) is 1. The van der Waals surface area contributed by atoms with Crippen molar-refractivity contribution in [1.82, 2.24) is 0 Å². The SMILES string of the molecule is Cc1ccc(F)cc1NC(=O)COc1ccc(OCc2ccccc2)cc1. The molecule has 1 N–H and O–H groups in total. The Kier molecular flexibility index (Phi) is 6.05. The van der Waals surface area contributed by atoms with Gasteiger partial charge in [-0.1, -0.05) is 36.4 Å². The van der Waals surface area contributed by atoms with Gasteiger partial charge in [-0.3, -0.25) is 4.79 Å². The van der Waals surface area contributed by atoms with Gasteiger partial charge in [0.25, 0.3) is 5.91 Å². The standard InChI is InChI=1S/C22H20FNO3/c1-16-7-8-18(23)13-21(16)24-22(25)15-27-20-11-9-19(10-12-20)26-14-17-5-3-2-4-6-17/h2-13H,14-15H2,1H3,(H,24,25). The summed E-state index contributed by atoms with van der Waals surface area (Å²) in [5, 5.41) is 2.64. The van der Waals surface area contributed by atoms with Crippen LogP contribution in [0, 0.1) is 12.7 Å². The van der Waals surface area contributed by atoms with Crippen molar-refractivity contribution in [2.75, 3.05) is 11.9 Å². The summed E-state index contributed by atoms with van der Waals surface area (Å²) in [7, 11) is 0. The van der Waals surface area contributed by atoms with Crippen molar-refractivity contribution in [1.29, 1.82) is 0 Å². The van der Waals surface area contributed by atoms with Crippen LogP contribution in [0.2, 0.25) is 0 Å². The van der Waals surface area contributed by atoms with Gasteiger partial charge in [0.05, 0.1) is 0 Å². The van der Waals surface area contributed by atoms with E-state index in [0.717, 1.165) is 11.1 Å². The first-order chi connectivity index (χ1) is 13.1. The largest absolute Gasteiger partial charge is 0.489 e. The number of ether oxygens (including phenoxy) is 2. The van der Waals surface area contributed by atoms with Crippen molar-refractivity contribution in [2.45, 2.75) is 13.5 Å². The summed E-state index contributed by atoms with van der Waals surface area (Å²) in [5.74, 6) is 0.509. The number of halogens is 1. The average molecular weight is 365 g/mol. The van der Waals surface area contributed by atoms with Gasteiger partial charge in [-0.15, -0.1) is 0 Å². The lowest BCUT2D eigenvalue weighted by molar-refractivity contribution is -0.118. The molecule has 3 rings (SSSR count). The Bertz CT molecular complexity index is 895. The van der Waals surface area contributed by atoms with Crippen LogP contribution in [-0.2, 0) is 11.4 Å². The normalized spacial score (nSPS) is 10.3. The van der Waals surface area contributed by atoms with Gasteiger partial charge >= 0.3 is 0 Å². The Morgan fingerprint density at radius 3 is 2.30 bits per heavy atom. The van der Waals surface area contributed by atoms with Gasteiger partial charge in [0.15, 0.2) is 6.61 Å². The lowest BCUT2D eigenvalue weighted by Crippen LogP contribution is -2.20. The molecule has 0 heterocycles. The lowest BCUT2D eigenvalue weighted by atomic mass is 10.2. The summed E-state index contributed by atoms with van der Waals surface area (Å²) >= 11 is 0. The molecule has 0 bridgehead atoms. The minimum atomic E-state index is -0.400. The van der Waals surface area contributed by atoms with Crippen LogP contribution in [0.15, 0.2) is 72.8 Å². The molecule has 4 nitrogen and oxygen atoms in total. The zero-order valence-electron chi connectivity index (χ0n) is 14.9. The van der Waals surface area contributed by atoms with Crippen LogP contribution >= 0.6 is 0 Å². The first-order valence-corrected chi connectivity index (χ1v) is 8.56. The minimum Gasteiger partial charge on any atom is -0.489 e. The zero-order valence-corrected chi connectivity index (χ0v) is 14.9. The van der Waals surface area contributed by atoms with E-state index in [0.29, 0.717) is 23.8 Å². The first-order valence-electron chi connectivity index (χ1n) is 8.56. The molecule has 0 aromatic heterocycles. The van der Waals surface area contributed by atoms with E-state index in [-0.39, 0.29) is 12.5 Å². The number of hydrogen-bond donors (Lipinski definition) is 1. The fourth-order valence-corrected chi connectivity index (χ4v) is 2.44. The molecule has 138 valence electrons. The van der Waals surface area contributed by atoms with Crippen molar-refractivity contribution in [3.8, 4) is 11.5 Å². The van der Waals surface area contributed by atoms with Crippen molar-refractivity contribution >= 4 is 11.6 Å². The maximum Gasteiger partial charge on any atom is 0.262 e. The third kappa shape index (κ3) is 5.57. The van der Waals surface area contributed by atoms with E-state index in [9.17, 15) is 9.18 Å². The second kappa shape index (κ2) is 8.85. The third-order valence-electron chi connectivity index (χ3n) is 3.92. The molecule has 0 fully saturated rings. The summed E-state index contributed by atoms with van der Waals surface area (Å²) in [5.41, 5.74) is 2.31. The molecule has 27 heavy (non-hydrogen) atoms. The first kappa shape index (κ1) is 18.5. The predicted octanol–water partition coefficient (Wildman–Crippen LogP) is 4.73. The topological polar surface area (TPSA) is 47.6 Å². The number of hydrogen-bond acceptors (Lipinski definition) is 3. The molecule has 0 atom stereocenters. The van der Waals surface area contributed by atoms with Crippen LogP contribution in [0.1, 0.15) is 11.1 Å². The van der Waals surface area contributed by atoms with E-state index in [4.69, 9.17) is 9.47 Å². The van der Waals surface area contributed by atoms with Crippen LogP contribution in [0.25, 0.3) is 0 Å². The number of rotatable bonds is 7. The molecular formula is C22H20FNO3. The highest BCUT2D eigenvalue weighted by Gasteiger charge is 2.07. The van der Waals surface area contributed by atoms with Gasteiger partial charge in [0.2, 0.25) is 0 Å². The van der Waals surface area contributed by atoms with Crippen LogP contribution in [0.3, 0.4) is 0 Å². The smallest absolute Gasteiger partial charge is 0.262 e. The Morgan fingerprint density at radius 1 is 0.926 bits per heavy atom. The highest BCUT2D eigenvalue weighted by atomic mass is 19.1. The van der Waals surface area contributed by atoms with Gasteiger partial charge in [-0.25, -0.2) is 4.39 Å². The van der Waals surface area contributed by atoms with E-state index in [1.54, 1.807) is 37.3 Å². The van der Waals surface area contributed by atoms with Gasteiger partial charge in [0, 0.05) is 5.69 Å². The highest BCUT2D eigenvalue weighted by molar-refractivity contribution is 5.92. The van der Waals surface area contributed by atoms with Crippen LogP contribution in [-0.4, -0.2) is 12.5 Å². The Labute approximate surface area is 157 Å². The van der Waals surface area contributed by atoms with Gasteiger partial charge in [-0.05, 0) is 54.4 Å². The second-order valence-corrected chi connectivity index (χ2v) is 6.04. The molecule has 0 radical (unpaired) electrons. The van der Waals surface area contributed by atoms with Gasteiger partial charge in [-0.2, -0.15) is 0 Å². The van der Waals surface area contributed by atoms with Gasteiger partial charge in [0.1, 0.15) is 23.9 Å². The Balaban J connectivity index is 1.48. The fourth-order valence-electron chi connectivity index (χ4n) is 2.44. The summed E-state index contributed by atoms with van der Waals surface area (Å²) in [6, 6.07) is 21.2. The molecule has 0 aliphatic carbocycles. The summed E-state index contributed by atoms with van der Waals surface area (Å²) in [4.78, 5) is 12.0. The molecule has 3 aromatic rings. The number of anilines is 1. The molecule has 0 saturated carbocycles. The molecule has 5 heteroatoms. The quantitative estimate of drug-likeness (QED) is 0.658. The zero-order chi connectivity index (χ0) is 19.1. The van der Waals surface area contributed by atoms with Crippen molar-refractivity contribution < 1.29 is 18.7 Å². The number of carbonyl (C=O) groups excluding carboxylic acids is 1. The van der Waals surface area contributed by atoms with Gasteiger partial charge < -0.3 is 14.8 Å². The molecule has 0 aliphatic rings. The lowest BCUT2D eigenvalue weighted by Gasteiger charge is -2.10. The Hall–Kier alpha value is -3.34. The highest BCUT2D eigenvalue weighted by Crippen LogP contribution is 2.19.